The minimum atomic E-state index is -4.64. The molecule has 0 aliphatic carbocycles. The molecule has 0 spiro atoms. The molecule has 1 unspecified atom stereocenters. The van der Waals surface area contributed by atoms with Crippen LogP contribution in [0.15, 0.2) is 60.8 Å². The molecule has 0 radical (unpaired) electrons. The summed E-state index contributed by atoms with van der Waals surface area (Å²) in [6.07, 6.45) is 42.7. The van der Waals surface area contributed by atoms with Crippen LogP contribution in [0.5, 0.6) is 0 Å². The van der Waals surface area contributed by atoms with E-state index >= 15 is 0 Å². The number of rotatable bonds is 41. The molecule has 4 N–H and O–H groups in total. The molecule has 0 saturated carbocycles. The van der Waals surface area contributed by atoms with E-state index in [9.17, 15) is 29.3 Å². The summed E-state index contributed by atoms with van der Waals surface area (Å²) in [5.74, 6) is -1.02. The maximum atomic E-state index is 12.6. The number of aliphatic hydroxyl groups is 3. The zero-order valence-corrected chi connectivity index (χ0v) is 37.0. The lowest BCUT2D eigenvalue weighted by Gasteiger charge is -2.20. The average molecular weight is 841 g/mol. The third-order valence-electron chi connectivity index (χ3n) is 9.31. The number of unbranched alkanes of at least 4 members (excludes halogenated alkanes) is 14. The molecule has 336 valence electrons. The number of ether oxygens (including phenoxy) is 2. The number of hydrogen-bond acceptors (Lipinski definition) is 10. The second-order valence-electron chi connectivity index (χ2n) is 14.9. The third kappa shape index (κ3) is 40.4. The van der Waals surface area contributed by atoms with Crippen molar-refractivity contribution in [3.8, 4) is 0 Å². The maximum Gasteiger partial charge on any atom is 0.472 e. The topological polar surface area (TPSA) is 169 Å². The lowest BCUT2D eigenvalue weighted by molar-refractivity contribution is -0.161. The Morgan fingerprint density at radius 3 is 1.59 bits per heavy atom. The summed E-state index contributed by atoms with van der Waals surface area (Å²) >= 11 is 0. The molecule has 0 rings (SSSR count). The van der Waals surface area contributed by atoms with Crippen LogP contribution in [0.25, 0.3) is 0 Å². The minimum absolute atomic E-state index is 0.150. The first kappa shape index (κ1) is 55.6. The van der Waals surface area contributed by atoms with E-state index in [2.05, 4.69) is 60.1 Å². The van der Waals surface area contributed by atoms with Gasteiger partial charge in [0, 0.05) is 12.8 Å². The Balaban J connectivity index is 4.39. The molecule has 0 aromatic heterocycles. The van der Waals surface area contributed by atoms with Gasteiger partial charge >= 0.3 is 19.8 Å². The van der Waals surface area contributed by atoms with E-state index < -0.39 is 51.8 Å². The average Bonchev–Trinajstić information content (AvgIpc) is 3.21. The van der Waals surface area contributed by atoms with Crippen molar-refractivity contribution in [2.24, 2.45) is 0 Å². The SMILES string of the molecule is CCCCCCCC/C=C\CCCCCCCCCC(=O)O[C@H](COC(=O)CCC/C=C\C/C=C\C/C=C\C/C=C\CC[C@@H](O)CC)COP(=O)(O)OC[C@@H](O)CO. The van der Waals surface area contributed by atoms with Crippen molar-refractivity contribution in [3.63, 3.8) is 0 Å². The van der Waals surface area contributed by atoms with Crippen molar-refractivity contribution < 1.29 is 52.9 Å². The molecule has 0 saturated heterocycles. The van der Waals surface area contributed by atoms with Crippen LogP contribution in [0, 0.1) is 0 Å². The third-order valence-corrected chi connectivity index (χ3v) is 10.3. The summed E-state index contributed by atoms with van der Waals surface area (Å²) in [7, 11) is -4.64. The van der Waals surface area contributed by atoms with Crippen LogP contribution < -0.4 is 0 Å². The molecule has 12 heteroatoms. The molecule has 0 bridgehead atoms. The Hall–Kier alpha value is -2.37. The van der Waals surface area contributed by atoms with Gasteiger partial charge in [-0.05, 0) is 83.5 Å². The lowest BCUT2D eigenvalue weighted by Crippen LogP contribution is -2.29. The van der Waals surface area contributed by atoms with Gasteiger partial charge in [-0.25, -0.2) is 4.57 Å². The van der Waals surface area contributed by atoms with Crippen LogP contribution in [0.3, 0.4) is 0 Å². The number of phosphoric ester groups is 1. The maximum absolute atomic E-state index is 12.6. The second kappa shape index (κ2) is 41.4. The summed E-state index contributed by atoms with van der Waals surface area (Å²) in [5, 5.41) is 27.9. The predicted molar refractivity (Wildman–Crippen MR) is 234 cm³/mol. The van der Waals surface area contributed by atoms with Crippen molar-refractivity contribution in [1.29, 1.82) is 0 Å². The Bertz CT molecular complexity index is 1170. The first-order valence-electron chi connectivity index (χ1n) is 22.3. The quantitative estimate of drug-likeness (QED) is 0.0200. The van der Waals surface area contributed by atoms with Crippen LogP contribution in [0.1, 0.15) is 174 Å². The first-order chi connectivity index (χ1) is 28.1. The first-order valence-corrected chi connectivity index (χ1v) is 23.8. The molecular weight excluding hydrogens is 759 g/mol. The highest BCUT2D eigenvalue weighted by atomic mass is 31.2. The van der Waals surface area contributed by atoms with Crippen molar-refractivity contribution in [1.82, 2.24) is 0 Å². The summed E-state index contributed by atoms with van der Waals surface area (Å²) in [6, 6.07) is 0. The van der Waals surface area contributed by atoms with Crippen molar-refractivity contribution in [2.75, 3.05) is 26.4 Å². The normalized spacial score (nSPS) is 14.9. The van der Waals surface area contributed by atoms with E-state index in [0.29, 0.717) is 19.3 Å². The Morgan fingerprint density at radius 2 is 1.02 bits per heavy atom. The van der Waals surface area contributed by atoms with Crippen molar-refractivity contribution in [2.45, 2.75) is 193 Å². The van der Waals surface area contributed by atoms with Gasteiger partial charge < -0.3 is 29.7 Å². The van der Waals surface area contributed by atoms with Gasteiger partial charge in [-0.2, -0.15) is 0 Å². The Labute approximate surface area is 351 Å². The van der Waals surface area contributed by atoms with Gasteiger partial charge in [0.1, 0.15) is 12.7 Å². The fourth-order valence-corrected chi connectivity index (χ4v) is 6.46. The van der Waals surface area contributed by atoms with Gasteiger partial charge in [0.2, 0.25) is 0 Å². The van der Waals surface area contributed by atoms with Crippen LogP contribution in [0.2, 0.25) is 0 Å². The van der Waals surface area contributed by atoms with Gasteiger partial charge in [-0.3, -0.25) is 18.6 Å². The zero-order chi connectivity index (χ0) is 42.8. The van der Waals surface area contributed by atoms with Crippen LogP contribution >= 0.6 is 7.82 Å². The van der Waals surface area contributed by atoms with Gasteiger partial charge in [-0.15, -0.1) is 0 Å². The second-order valence-corrected chi connectivity index (χ2v) is 16.3. The number of esters is 2. The predicted octanol–water partition coefficient (Wildman–Crippen LogP) is 10.9. The Morgan fingerprint density at radius 1 is 0.552 bits per heavy atom. The fourth-order valence-electron chi connectivity index (χ4n) is 5.67. The highest BCUT2D eigenvalue weighted by Crippen LogP contribution is 2.43. The summed E-state index contributed by atoms with van der Waals surface area (Å²) < 4.78 is 32.7. The molecule has 0 aliphatic heterocycles. The van der Waals surface area contributed by atoms with Crippen LogP contribution in [-0.4, -0.2) is 76.9 Å². The number of hydrogen-bond donors (Lipinski definition) is 4. The summed E-state index contributed by atoms with van der Waals surface area (Å²) in [6.45, 7) is 2.02. The number of aliphatic hydroxyl groups excluding tert-OH is 3. The van der Waals surface area contributed by atoms with E-state index in [1.807, 2.05) is 19.1 Å². The van der Waals surface area contributed by atoms with E-state index in [0.717, 1.165) is 70.6 Å². The zero-order valence-electron chi connectivity index (χ0n) is 36.1. The minimum Gasteiger partial charge on any atom is -0.462 e. The smallest absolute Gasteiger partial charge is 0.462 e. The van der Waals surface area contributed by atoms with Crippen molar-refractivity contribution >= 4 is 19.8 Å². The highest BCUT2D eigenvalue weighted by Gasteiger charge is 2.27. The van der Waals surface area contributed by atoms with Crippen LogP contribution in [-0.2, 0) is 32.7 Å². The molecule has 0 aliphatic rings. The standard InChI is InChI=1S/C46H81O11P/c1-3-5-6-7-8-9-10-11-12-13-14-19-22-25-28-31-34-37-46(51)57-44(41-56-58(52,53)55-39-43(49)38-47)40-54-45(50)36-33-30-27-24-21-18-16-15-17-20-23-26-29-32-35-42(48)4-2/h11-12,16-18,20,24,26-27,29,42-44,47-49H,3-10,13-15,19,21-23,25,28,30-41H2,1-2H3,(H,52,53)/b12-11-,18-16-,20-17-,27-24-,29-26-/t42-,43-,44+/m0/s1. The molecule has 0 aromatic carbocycles. The van der Waals surface area contributed by atoms with Crippen LogP contribution in [0.4, 0.5) is 0 Å². The molecule has 0 aromatic rings. The summed E-state index contributed by atoms with van der Waals surface area (Å²) in [5.41, 5.74) is 0. The number of allylic oxidation sites excluding steroid dienone is 10. The van der Waals surface area contributed by atoms with E-state index in [4.69, 9.17) is 19.1 Å². The van der Waals surface area contributed by atoms with Gasteiger partial charge in [0.25, 0.3) is 0 Å². The van der Waals surface area contributed by atoms with E-state index in [-0.39, 0.29) is 25.6 Å². The van der Waals surface area contributed by atoms with E-state index in [1.54, 1.807) is 0 Å². The number of carbonyl (C=O) groups is 2. The van der Waals surface area contributed by atoms with Crippen molar-refractivity contribution in [3.05, 3.63) is 60.8 Å². The number of phosphoric acid groups is 1. The monoisotopic (exact) mass is 841 g/mol. The summed E-state index contributed by atoms with van der Waals surface area (Å²) in [4.78, 5) is 35.0. The number of carbonyl (C=O) groups excluding carboxylic acids is 2. The van der Waals surface area contributed by atoms with Gasteiger partial charge in [0.15, 0.2) is 6.10 Å². The largest absolute Gasteiger partial charge is 0.472 e. The lowest BCUT2D eigenvalue weighted by atomic mass is 10.1. The molecule has 0 fully saturated rings. The molecule has 58 heavy (non-hydrogen) atoms. The molecule has 4 atom stereocenters. The van der Waals surface area contributed by atoms with Gasteiger partial charge in [-0.1, -0.05) is 139 Å². The van der Waals surface area contributed by atoms with E-state index in [1.165, 1.54) is 57.8 Å². The molecule has 11 nitrogen and oxygen atoms in total. The van der Waals surface area contributed by atoms with Gasteiger partial charge in [0.05, 0.1) is 25.9 Å². The Kier molecular flexibility index (Phi) is 39.7. The molecular formula is C46H81O11P. The molecule has 0 amide bonds. The highest BCUT2D eigenvalue weighted by molar-refractivity contribution is 7.47. The molecule has 0 heterocycles. The fraction of sp³-hybridized carbons (Fsp3) is 0.739.